The predicted octanol–water partition coefficient (Wildman–Crippen LogP) is 3.69. The Labute approximate surface area is 136 Å². The van der Waals surface area contributed by atoms with E-state index in [-0.39, 0.29) is 24.4 Å². The van der Waals surface area contributed by atoms with E-state index < -0.39 is 0 Å². The molecule has 1 atom stereocenters. The SMILES string of the molecule is C[C@H](NC(=O)COc1ccc(I)cc1)c1ccc(F)cc1. The first-order valence-electron chi connectivity index (χ1n) is 6.48. The van der Waals surface area contributed by atoms with Gasteiger partial charge in [0.25, 0.3) is 5.91 Å². The minimum Gasteiger partial charge on any atom is -0.484 e. The second kappa shape index (κ2) is 7.40. The number of rotatable bonds is 5. The van der Waals surface area contributed by atoms with Crippen molar-refractivity contribution in [2.45, 2.75) is 13.0 Å². The van der Waals surface area contributed by atoms with E-state index in [0.29, 0.717) is 5.75 Å². The lowest BCUT2D eigenvalue weighted by Crippen LogP contribution is -2.31. The van der Waals surface area contributed by atoms with Gasteiger partial charge in [0.1, 0.15) is 11.6 Å². The van der Waals surface area contributed by atoms with Crippen LogP contribution >= 0.6 is 22.6 Å². The van der Waals surface area contributed by atoms with Crippen LogP contribution in [0.2, 0.25) is 0 Å². The number of carbonyl (C=O) groups excluding carboxylic acids is 1. The van der Waals surface area contributed by atoms with Gasteiger partial charge in [-0.15, -0.1) is 0 Å². The Kier molecular flexibility index (Phi) is 5.55. The molecule has 2 aromatic carbocycles. The van der Waals surface area contributed by atoms with Gasteiger partial charge in [0, 0.05) is 3.57 Å². The van der Waals surface area contributed by atoms with Crippen LogP contribution in [0.4, 0.5) is 4.39 Å². The van der Waals surface area contributed by atoms with Gasteiger partial charge in [-0.2, -0.15) is 0 Å². The Morgan fingerprint density at radius 2 is 1.81 bits per heavy atom. The van der Waals surface area contributed by atoms with Gasteiger partial charge in [0.15, 0.2) is 6.61 Å². The van der Waals surface area contributed by atoms with Crippen molar-refractivity contribution in [2.24, 2.45) is 0 Å². The lowest BCUT2D eigenvalue weighted by molar-refractivity contribution is -0.123. The van der Waals surface area contributed by atoms with Gasteiger partial charge >= 0.3 is 0 Å². The van der Waals surface area contributed by atoms with E-state index in [9.17, 15) is 9.18 Å². The van der Waals surface area contributed by atoms with Crippen molar-refractivity contribution in [1.29, 1.82) is 0 Å². The van der Waals surface area contributed by atoms with Gasteiger partial charge < -0.3 is 10.1 Å². The predicted molar refractivity (Wildman–Crippen MR) is 87.6 cm³/mol. The Bertz CT molecular complexity index is 599. The molecule has 0 radical (unpaired) electrons. The summed E-state index contributed by atoms with van der Waals surface area (Å²) in [7, 11) is 0. The lowest BCUT2D eigenvalue weighted by Gasteiger charge is -2.14. The molecule has 5 heteroatoms. The summed E-state index contributed by atoms with van der Waals surface area (Å²) >= 11 is 2.20. The summed E-state index contributed by atoms with van der Waals surface area (Å²) in [5.74, 6) is 0.143. The van der Waals surface area contributed by atoms with E-state index in [1.54, 1.807) is 12.1 Å². The average Bonchev–Trinajstić information content (AvgIpc) is 2.47. The second-order valence-electron chi connectivity index (χ2n) is 4.58. The molecule has 0 fully saturated rings. The summed E-state index contributed by atoms with van der Waals surface area (Å²) in [6, 6.07) is 13.3. The molecule has 0 aliphatic carbocycles. The summed E-state index contributed by atoms with van der Waals surface area (Å²) in [5, 5.41) is 2.81. The highest BCUT2D eigenvalue weighted by atomic mass is 127. The first-order valence-corrected chi connectivity index (χ1v) is 7.55. The topological polar surface area (TPSA) is 38.3 Å². The fraction of sp³-hybridized carbons (Fsp3) is 0.188. The van der Waals surface area contributed by atoms with E-state index >= 15 is 0 Å². The molecule has 110 valence electrons. The number of hydrogen-bond donors (Lipinski definition) is 1. The Hall–Kier alpha value is -1.63. The van der Waals surface area contributed by atoms with Crippen LogP contribution in [0.25, 0.3) is 0 Å². The maximum atomic E-state index is 12.8. The third-order valence-corrected chi connectivity index (χ3v) is 3.65. The highest BCUT2D eigenvalue weighted by Crippen LogP contribution is 2.14. The second-order valence-corrected chi connectivity index (χ2v) is 5.83. The van der Waals surface area contributed by atoms with Crippen molar-refractivity contribution in [3.63, 3.8) is 0 Å². The van der Waals surface area contributed by atoms with Gasteiger partial charge in [-0.1, -0.05) is 12.1 Å². The summed E-state index contributed by atoms with van der Waals surface area (Å²) in [6.45, 7) is 1.79. The third-order valence-electron chi connectivity index (χ3n) is 2.93. The normalized spacial score (nSPS) is 11.8. The van der Waals surface area contributed by atoms with Gasteiger partial charge in [-0.25, -0.2) is 4.39 Å². The molecule has 0 heterocycles. The third kappa shape index (κ3) is 5.00. The average molecular weight is 399 g/mol. The Morgan fingerprint density at radius 3 is 2.43 bits per heavy atom. The van der Waals surface area contributed by atoms with Crippen LogP contribution < -0.4 is 10.1 Å². The van der Waals surface area contributed by atoms with Crippen LogP contribution in [-0.4, -0.2) is 12.5 Å². The number of halogens is 2. The van der Waals surface area contributed by atoms with E-state index in [4.69, 9.17) is 4.74 Å². The number of amides is 1. The van der Waals surface area contributed by atoms with Crippen LogP contribution in [0.5, 0.6) is 5.75 Å². The molecule has 21 heavy (non-hydrogen) atoms. The molecule has 0 unspecified atom stereocenters. The van der Waals surface area contributed by atoms with Crippen LogP contribution in [-0.2, 0) is 4.79 Å². The van der Waals surface area contributed by atoms with Crippen molar-refractivity contribution in [3.05, 3.63) is 63.5 Å². The molecular formula is C16H15FINO2. The van der Waals surface area contributed by atoms with Gasteiger partial charge in [-0.05, 0) is 71.5 Å². The smallest absolute Gasteiger partial charge is 0.258 e. The highest BCUT2D eigenvalue weighted by Gasteiger charge is 2.10. The first-order chi connectivity index (χ1) is 10.0. The van der Waals surface area contributed by atoms with Crippen LogP contribution in [0.3, 0.4) is 0 Å². The number of carbonyl (C=O) groups is 1. The number of nitrogens with one attached hydrogen (secondary N) is 1. The van der Waals surface area contributed by atoms with E-state index in [1.807, 2.05) is 31.2 Å². The molecule has 0 aromatic heterocycles. The lowest BCUT2D eigenvalue weighted by atomic mass is 10.1. The monoisotopic (exact) mass is 399 g/mol. The van der Waals surface area contributed by atoms with Gasteiger partial charge in [-0.3, -0.25) is 4.79 Å². The maximum absolute atomic E-state index is 12.8. The van der Waals surface area contributed by atoms with Crippen LogP contribution in [0.15, 0.2) is 48.5 Å². The molecule has 2 rings (SSSR count). The van der Waals surface area contributed by atoms with E-state index in [0.717, 1.165) is 9.13 Å². The molecule has 2 aromatic rings. The highest BCUT2D eigenvalue weighted by molar-refractivity contribution is 14.1. The zero-order chi connectivity index (χ0) is 15.2. The fourth-order valence-corrected chi connectivity index (χ4v) is 2.16. The minimum atomic E-state index is -0.292. The molecule has 0 bridgehead atoms. The van der Waals surface area contributed by atoms with Crippen molar-refractivity contribution < 1.29 is 13.9 Å². The van der Waals surface area contributed by atoms with Crippen LogP contribution in [0, 0.1) is 9.39 Å². The van der Waals surface area contributed by atoms with Crippen molar-refractivity contribution in [2.75, 3.05) is 6.61 Å². The summed E-state index contributed by atoms with van der Waals surface area (Å²) in [5.41, 5.74) is 0.846. The quantitative estimate of drug-likeness (QED) is 0.780. The molecule has 0 saturated heterocycles. The molecule has 0 aliphatic heterocycles. The molecule has 1 N–H and O–H groups in total. The minimum absolute atomic E-state index is 0.0495. The summed E-state index contributed by atoms with van der Waals surface area (Å²) in [4.78, 5) is 11.8. The number of benzene rings is 2. The van der Waals surface area contributed by atoms with Gasteiger partial charge in [0.2, 0.25) is 0 Å². The summed E-state index contributed by atoms with van der Waals surface area (Å²) < 4.78 is 19.4. The zero-order valence-electron chi connectivity index (χ0n) is 11.5. The molecule has 1 amide bonds. The Balaban J connectivity index is 1.83. The van der Waals surface area contributed by atoms with Crippen molar-refractivity contribution >= 4 is 28.5 Å². The van der Waals surface area contributed by atoms with E-state index in [1.165, 1.54) is 12.1 Å². The van der Waals surface area contributed by atoms with Crippen molar-refractivity contribution in [3.8, 4) is 5.75 Å². The van der Waals surface area contributed by atoms with Crippen molar-refractivity contribution in [1.82, 2.24) is 5.32 Å². The van der Waals surface area contributed by atoms with E-state index in [2.05, 4.69) is 27.9 Å². The molecule has 0 spiro atoms. The Morgan fingerprint density at radius 1 is 1.19 bits per heavy atom. The molecular weight excluding hydrogens is 384 g/mol. The maximum Gasteiger partial charge on any atom is 0.258 e. The molecule has 3 nitrogen and oxygen atoms in total. The first kappa shape index (κ1) is 15.8. The molecule has 0 saturated carbocycles. The zero-order valence-corrected chi connectivity index (χ0v) is 13.6. The van der Waals surface area contributed by atoms with Gasteiger partial charge in [0.05, 0.1) is 6.04 Å². The summed E-state index contributed by atoms with van der Waals surface area (Å²) in [6.07, 6.45) is 0. The molecule has 0 aliphatic rings. The standard InChI is InChI=1S/C16H15FINO2/c1-11(12-2-4-13(17)5-3-12)19-16(20)10-21-15-8-6-14(18)7-9-15/h2-9,11H,10H2,1H3,(H,19,20)/t11-/m0/s1. The number of hydrogen-bond acceptors (Lipinski definition) is 2. The number of ether oxygens (including phenoxy) is 1. The fourth-order valence-electron chi connectivity index (χ4n) is 1.80. The van der Waals surface area contributed by atoms with Crippen LogP contribution in [0.1, 0.15) is 18.5 Å². The largest absolute Gasteiger partial charge is 0.484 e.